The Balaban J connectivity index is 2.48. The number of sulfone groups is 1. The van der Waals surface area contributed by atoms with E-state index in [0.29, 0.717) is 12.8 Å². The second-order valence-electron chi connectivity index (χ2n) is 5.76. The number of nitrogens with zero attached hydrogens (tertiary/aromatic N) is 1. The fourth-order valence-corrected chi connectivity index (χ4v) is 3.66. The van der Waals surface area contributed by atoms with E-state index in [1.807, 2.05) is 0 Å². The van der Waals surface area contributed by atoms with Crippen LogP contribution in [0, 0.1) is 0 Å². The van der Waals surface area contributed by atoms with Crippen molar-refractivity contribution >= 4 is 33.3 Å². The molecule has 0 bridgehead atoms. The maximum atomic E-state index is 12.8. The SMILES string of the molecule is C[C@@H]1CCC[C@H](C(=O)O)N1C(=O)c1cc(S(C)(=O)=O)ccc1Cl. The molecular formula is C15H18ClNO5S. The maximum Gasteiger partial charge on any atom is 0.326 e. The van der Waals surface area contributed by atoms with E-state index in [-0.39, 0.29) is 21.5 Å². The van der Waals surface area contributed by atoms with Gasteiger partial charge < -0.3 is 10.0 Å². The summed E-state index contributed by atoms with van der Waals surface area (Å²) < 4.78 is 23.3. The van der Waals surface area contributed by atoms with Crippen LogP contribution < -0.4 is 0 Å². The number of hydrogen-bond acceptors (Lipinski definition) is 4. The predicted molar refractivity (Wildman–Crippen MR) is 85.5 cm³/mol. The van der Waals surface area contributed by atoms with Gasteiger partial charge >= 0.3 is 5.97 Å². The zero-order valence-electron chi connectivity index (χ0n) is 12.8. The molecule has 1 saturated heterocycles. The number of carboxylic acids is 1. The molecule has 1 aromatic rings. The van der Waals surface area contributed by atoms with Crippen molar-refractivity contribution in [2.45, 2.75) is 43.2 Å². The lowest BCUT2D eigenvalue weighted by Gasteiger charge is -2.38. The number of aliphatic carboxylic acids is 1. The Morgan fingerprint density at radius 3 is 2.52 bits per heavy atom. The Kier molecular flexibility index (Phi) is 5.01. The number of piperidine rings is 1. The number of rotatable bonds is 3. The molecule has 0 aliphatic carbocycles. The van der Waals surface area contributed by atoms with Gasteiger partial charge in [0.05, 0.1) is 15.5 Å². The molecule has 2 rings (SSSR count). The van der Waals surface area contributed by atoms with Crippen LogP contribution in [0.3, 0.4) is 0 Å². The second-order valence-corrected chi connectivity index (χ2v) is 8.18. The van der Waals surface area contributed by atoms with Gasteiger partial charge in [-0.15, -0.1) is 0 Å². The van der Waals surface area contributed by atoms with Crippen LogP contribution in [0.15, 0.2) is 23.1 Å². The predicted octanol–water partition coefficient (Wildman–Crippen LogP) is 2.21. The number of halogens is 1. The molecule has 0 radical (unpaired) electrons. The highest BCUT2D eigenvalue weighted by Crippen LogP contribution is 2.28. The first-order valence-corrected chi connectivity index (χ1v) is 9.45. The molecule has 8 heteroatoms. The normalized spacial score (nSPS) is 22.0. The molecule has 1 N–H and O–H groups in total. The van der Waals surface area contributed by atoms with E-state index in [4.69, 9.17) is 11.6 Å². The first-order chi connectivity index (χ1) is 10.6. The van der Waals surface area contributed by atoms with Crippen molar-refractivity contribution < 1.29 is 23.1 Å². The standard InChI is InChI=1S/C15H18ClNO5S/c1-9-4-3-5-13(15(19)20)17(9)14(18)11-8-10(23(2,21)22)6-7-12(11)16/h6-9,13H,3-5H2,1-2H3,(H,19,20)/t9-,13-/m1/s1. The Morgan fingerprint density at radius 2 is 1.96 bits per heavy atom. The highest BCUT2D eigenvalue weighted by molar-refractivity contribution is 7.90. The third kappa shape index (κ3) is 3.67. The summed E-state index contributed by atoms with van der Waals surface area (Å²) in [4.78, 5) is 25.5. The molecule has 0 spiro atoms. The average Bonchev–Trinajstić information content (AvgIpc) is 2.45. The van der Waals surface area contributed by atoms with Crippen LogP contribution in [0.25, 0.3) is 0 Å². The number of benzene rings is 1. The Labute approximate surface area is 140 Å². The summed E-state index contributed by atoms with van der Waals surface area (Å²) >= 11 is 6.05. The van der Waals surface area contributed by atoms with Crippen molar-refractivity contribution in [3.63, 3.8) is 0 Å². The van der Waals surface area contributed by atoms with E-state index in [1.165, 1.54) is 23.1 Å². The molecule has 1 aliphatic rings. The second kappa shape index (κ2) is 6.49. The van der Waals surface area contributed by atoms with Crippen LogP contribution in [0.5, 0.6) is 0 Å². The summed E-state index contributed by atoms with van der Waals surface area (Å²) in [5, 5.41) is 9.45. The fraction of sp³-hybridized carbons (Fsp3) is 0.467. The zero-order chi connectivity index (χ0) is 17.4. The molecular weight excluding hydrogens is 342 g/mol. The van der Waals surface area contributed by atoms with Crippen LogP contribution >= 0.6 is 11.6 Å². The van der Waals surface area contributed by atoms with E-state index >= 15 is 0 Å². The summed E-state index contributed by atoms with van der Waals surface area (Å²) in [7, 11) is -3.50. The molecule has 1 aliphatic heterocycles. The van der Waals surface area contributed by atoms with Crippen molar-refractivity contribution in [3.05, 3.63) is 28.8 Å². The molecule has 23 heavy (non-hydrogen) atoms. The molecule has 0 saturated carbocycles. The topological polar surface area (TPSA) is 91.8 Å². The summed E-state index contributed by atoms with van der Waals surface area (Å²) in [6.07, 6.45) is 2.82. The van der Waals surface area contributed by atoms with Gasteiger partial charge in [-0.25, -0.2) is 13.2 Å². The van der Waals surface area contributed by atoms with Crippen LogP contribution in [0.1, 0.15) is 36.5 Å². The third-order valence-corrected chi connectivity index (χ3v) is 5.47. The zero-order valence-corrected chi connectivity index (χ0v) is 14.4. The van der Waals surface area contributed by atoms with Gasteiger partial charge in [-0.2, -0.15) is 0 Å². The molecule has 2 atom stereocenters. The number of hydrogen-bond donors (Lipinski definition) is 1. The van der Waals surface area contributed by atoms with Gasteiger partial charge in [-0.1, -0.05) is 11.6 Å². The Hall–Kier alpha value is -1.60. The Bertz CT molecular complexity index is 746. The smallest absolute Gasteiger partial charge is 0.326 e. The number of carbonyl (C=O) groups excluding carboxylic acids is 1. The highest BCUT2D eigenvalue weighted by Gasteiger charge is 2.37. The third-order valence-electron chi connectivity index (χ3n) is 4.03. The first-order valence-electron chi connectivity index (χ1n) is 7.18. The van der Waals surface area contributed by atoms with Crippen LogP contribution in [-0.4, -0.2) is 48.6 Å². The molecule has 1 fully saturated rings. The van der Waals surface area contributed by atoms with Crippen molar-refractivity contribution in [2.75, 3.05) is 6.26 Å². The number of carbonyl (C=O) groups is 2. The van der Waals surface area contributed by atoms with Crippen LogP contribution in [0.2, 0.25) is 5.02 Å². The highest BCUT2D eigenvalue weighted by atomic mass is 35.5. The minimum absolute atomic E-state index is 0.00888. The molecule has 1 heterocycles. The average molecular weight is 360 g/mol. The van der Waals surface area contributed by atoms with Gasteiger partial charge in [-0.3, -0.25) is 4.79 Å². The maximum absolute atomic E-state index is 12.8. The molecule has 6 nitrogen and oxygen atoms in total. The van der Waals surface area contributed by atoms with Gasteiger partial charge in [0.2, 0.25) is 0 Å². The van der Waals surface area contributed by atoms with Crippen molar-refractivity contribution in [2.24, 2.45) is 0 Å². The monoisotopic (exact) mass is 359 g/mol. The molecule has 126 valence electrons. The van der Waals surface area contributed by atoms with Gasteiger partial charge in [0.15, 0.2) is 9.84 Å². The minimum Gasteiger partial charge on any atom is -0.480 e. The molecule has 1 amide bonds. The first kappa shape index (κ1) is 17.7. The summed E-state index contributed by atoms with van der Waals surface area (Å²) in [5.74, 6) is -1.62. The van der Waals surface area contributed by atoms with Crippen LogP contribution in [0.4, 0.5) is 0 Å². The largest absolute Gasteiger partial charge is 0.480 e. The van der Waals surface area contributed by atoms with Gasteiger partial charge in [0.25, 0.3) is 5.91 Å². The minimum atomic E-state index is -3.50. The Morgan fingerprint density at radius 1 is 1.30 bits per heavy atom. The molecule has 0 aromatic heterocycles. The summed E-state index contributed by atoms with van der Waals surface area (Å²) in [5.41, 5.74) is 0.00888. The lowest BCUT2D eigenvalue weighted by Crippen LogP contribution is -2.52. The lowest BCUT2D eigenvalue weighted by molar-refractivity contribution is -0.144. The van der Waals surface area contributed by atoms with Crippen molar-refractivity contribution in [3.8, 4) is 0 Å². The number of amides is 1. The van der Waals surface area contributed by atoms with E-state index in [0.717, 1.165) is 12.7 Å². The number of likely N-dealkylation sites (tertiary alicyclic amines) is 1. The van der Waals surface area contributed by atoms with Gasteiger partial charge in [-0.05, 0) is 44.4 Å². The quantitative estimate of drug-likeness (QED) is 0.893. The van der Waals surface area contributed by atoms with Crippen LogP contribution in [-0.2, 0) is 14.6 Å². The van der Waals surface area contributed by atoms with E-state index in [9.17, 15) is 23.1 Å². The lowest BCUT2D eigenvalue weighted by atomic mass is 9.95. The summed E-state index contributed by atoms with van der Waals surface area (Å²) in [6.45, 7) is 1.78. The van der Waals surface area contributed by atoms with E-state index in [1.54, 1.807) is 6.92 Å². The fourth-order valence-electron chi connectivity index (χ4n) is 2.81. The van der Waals surface area contributed by atoms with Gasteiger partial charge in [0.1, 0.15) is 6.04 Å². The van der Waals surface area contributed by atoms with Gasteiger partial charge in [0, 0.05) is 12.3 Å². The van der Waals surface area contributed by atoms with E-state index < -0.39 is 27.8 Å². The molecule has 1 aromatic carbocycles. The number of carboxylic acid groups (broad SMARTS) is 1. The van der Waals surface area contributed by atoms with Crippen molar-refractivity contribution in [1.29, 1.82) is 0 Å². The molecule has 0 unspecified atom stereocenters. The van der Waals surface area contributed by atoms with E-state index in [2.05, 4.69) is 0 Å². The van der Waals surface area contributed by atoms with Crippen molar-refractivity contribution in [1.82, 2.24) is 4.90 Å². The summed E-state index contributed by atoms with van der Waals surface area (Å²) in [6, 6.07) is 2.69.